The quantitative estimate of drug-likeness (QED) is 0.483. The number of hydrogen-bond donors (Lipinski definition) is 1. The van der Waals surface area contributed by atoms with Crippen LogP contribution in [0, 0.1) is 0 Å². The Hall–Kier alpha value is -0.520. The van der Waals surface area contributed by atoms with Crippen molar-refractivity contribution in [2.24, 2.45) is 0 Å². The van der Waals surface area contributed by atoms with Gasteiger partial charge in [0.1, 0.15) is 0 Å². The van der Waals surface area contributed by atoms with E-state index in [2.05, 4.69) is 5.32 Å². The Morgan fingerprint density at radius 2 is 1.54 bits per heavy atom. The Labute approximate surface area is 104 Å². The van der Waals surface area contributed by atoms with Crippen molar-refractivity contribution in [3.05, 3.63) is 23.5 Å². The van der Waals surface area contributed by atoms with Crippen LogP contribution in [0.25, 0.3) is 0 Å². The Morgan fingerprint density at radius 3 is 1.85 bits per heavy atom. The van der Waals surface area contributed by atoms with Gasteiger partial charge in [-0.05, 0) is 11.1 Å². The molecular weight excluding hydrogens is 202 g/mol. The van der Waals surface area contributed by atoms with Gasteiger partial charge in [-0.15, -0.1) is 0 Å². The van der Waals surface area contributed by atoms with Crippen molar-refractivity contribution in [3.8, 4) is 0 Å². The fourth-order valence-corrected chi connectivity index (χ4v) is 0.812. The summed E-state index contributed by atoms with van der Waals surface area (Å²) in [5, 5.41) is 22.9. The molecule has 0 saturated carbocycles. The van der Waals surface area contributed by atoms with Crippen LogP contribution >= 0.6 is 0 Å². The molecule has 0 spiro atoms. The number of aliphatic carboxylic acids is 2. The summed E-state index contributed by atoms with van der Waals surface area (Å²) in [6.07, 6.45) is 2.20. The maximum absolute atomic E-state index is 10.3. The fourth-order valence-electron chi connectivity index (χ4n) is 0.812. The predicted octanol–water partition coefficient (Wildman–Crippen LogP) is -3.13. The van der Waals surface area contributed by atoms with Gasteiger partial charge in [-0.2, -0.15) is 0 Å². The van der Waals surface area contributed by atoms with Gasteiger partial charge in [-0.1, -0.05) is 0 Å². The second kappa shape index (κ2) is 5.26. The van der Waals surface area contributed by atoms with Gasteiger partial charge in [0.05, 0.1) is 11.9 Å². The van der Waals surface area contributed by atoms with Gasteiger partial charge < -0.3 is 25.1 Å². The first-order valence-electron chi connectivity index (χ1n) is 3.18. The van der Waals surface area contributed by atoms with Crippen molar-refractivity contribution in [3.63, 3.8) is 0 Å². The number of carbonyl (C=O) groups is 2. The molecule has 0 aromatic rings. The fraction of sp³-hybridized carbons (Fsp3) is 0.143. The summed E-state index contributed by atoms with van der Waals surface area (Å²) in [5.74, 6) is -2.76. The van der Waals surface area contributed by atoms with Gasteiger partial charge in [-0.3, -0.25) is 0 Å². The third-order valence-electron chi connectivity index (χ3n) is 1.42. The van der Waals surface area contributed by atoms with Crippen LogP contribution in [0.15, 0.2) is 23.5 Å². The second-order valence-corrected chi connectivity index (χ2v) is 2.26. The van der Waals surface area contributed by atoms with E-state index in [4.69, 9.17) is 0 Å². The molecule has 0 saturated heterocycles. The van der Waals surface area contributed by atoms with Crippen molar-refractivity contribution >= 4 is 49.7 Å². The zero-order valence-electron chi connectivity index (χ0n) is 6.70. The molecule has 0 amide bonds. The van der Waals surface area contributed by atoms with Crippen molar-refractivity contribution in [1.82, 2.24) is 5.32 Å². The van der Waals surface area contributed by atoms with E-state index in [9.17, 15) is 19.8 Å². The van der Waals surface area contributed by atoms with Crippen LogP contribution < -0.4 is 15.5 Å². The van der Waals surface area contributed by atoms with E-state index in [0.29, 0.717) is 0 Å². The Bertz CT molecular complexity index is 267. The summed E-state index contributed by atoms with van der Waals surface area (Å²) in [6.45, 7) is 0. The molecule has 13 heavy (non-hydrogen) atoms. The van der Waals surface area contributed by atoms with Gasteiger partial charge in [0.2, 0.25) is 0 Å². The van der Waals surface area contributed by atoms with Crippen molar-refractivity contribution < 1.29 is 19.8 Å². The van der Waals surface area contributed by atoms with E-state index < -0.39 is 11.9 Å². The number of dihydropyridines is 1. The van der Waals surface area contributed by atoms with Gasteiger partial charge in [0.25, 0.3) is 0 Å². The van der Waals surface area contributed by atoms with E-state index in [1.807, 2.05) is 0 Å². The summed E-state index contributed by atoms with van der Waals surface area (Å²) in [6, 6.07) is 0. The Kier molecular flexibility index (Phi) is 5.05. The molecule has 64 valence electrons. The molecule has 1 aliphatic heterocycles. The zero-order chi connectivity index (χ0) is 9.14. The van der Waals surface area contributed by atoms with Gasteiger partial charge >= 0.3 is 37.7 Å². The van der Waals surface area contributed by atoms with Gasteiger partial charge in [0.15, 0.2) is 0 Å². The third kappa shape index (κ3) is 3.38. The molecular formula is C7H5CaNO4. The molecule has 0 unspecified atom stereocenters. The van der Waals surface area contributed by atoms with Crippen molar-refractivity contribution in [1.29, 1.82) is 0 Å². The molecule has 0 aromatic carbocycles. The van der Waals surface area contributed by atoms with Gasteiger partial charge in [0, 0.05) is 18.8 Å². The summed E-state index contributed by atoms with van der Waals surface area (Å²) in [4.78, 5) is 20.5. The minimum Gasteiger partial charge on any atom is -0.545 e. The number of rotatable bonds is 2. The Morgan fingerprint density at radius 1 is 1.15 bits per heavy atom. The predicted molar refractivity (Wildman–Crippen MR) is 39.7 cm³/mol. The van der Waals surface area contributed by atoms with Crippen molar-refractivity contribution in [2.75, 3.05) is 0 Å². The number of hydrogen-bond acceptors (Lipinski definition) is 5. The van der Waals surface area contributed by atoms with Crippen LogP contribution in [0.2, 0.25) is 0 Å². The topological polar surface area (TPSA) is 92.3 Å². The number of carboxylic acid groups (broad SMARTS) is 2. The van der Waals surface area contributed by atoms with Crippen LogP contribution in [-0.2, 0) is 9.59 Å². The Balaban J connectivity index is 0.00000144. The van der Waals surface area contributed by atoms with Crippen LogP contribution in [0.5, 0.6) is 0 Å². The van der Waals surface area contributed by atoms with E-state index in [1.54, 1.807) is 0 Å². The SMILES string of the molecule is O=C([O-])C1=CNC=C(C(=O)[O-])C1.[Ca+2]. The second-order valence-electron chi connectivity index (χ2n) is 2.26. The molecule has 0 bridgehead atoms. The standard InChI is InChI=1S/C7H7NO4.Ca/c9-6(10)4-1-5(7(11)12)3-8-2-4;/h2-3,8H,1H2,(H,9,10)(H,11,12);/q;+2/p-2. The molecule has 1 rings (SSSR count). The molecule has 6 heteroatoms. The summed E-state index contributed by atoms with van der Waals surface area (Å²) >= 11 is 0. The maximum atomic E-state index is 10.3. The molecule has 1 aliphatic rings. The summed E-state index contributed by atoms with van der Waals surface area (Å²) in [5.41, 5.74) is -0.201. The smallest absolute Gasteiger partial charge is 0.545 e. The number of carboxylic acids is 2. The minimum absolute atomic E-state index is 0. The molecule has 0 atom stereocenters. The zero-order valence-corrected chi connectivity index (χ0v) is 8.91. The number of carbonyl (C=O) groups excluding carboxylic acids is 2. The minimum atomic E-state index is -1.38. The summed E-state index contributed by atoms with van der Waals surface area (Å²) < 4.78 is 0. The first-order valence-corrected chi connectivity index (χ1v) is 3.18. The van der Waals surface area contributed by atoms with Gasteiger partial charge in [-0.25, -0.2) is 0 Å². The van der Waals surface area contributed by atoms with E-state index in [0.717, 1.165) is 0 Å². The molecule has 0 aromatic heterocycles. The van der Waals surface area contributed by atoms with E-state index >= 15 is 0 Å². The molecule has 1 heterocycles. The average molecular weight is 207 g/mol. The molecule has 0 aliphatic carbocycles. The first kappa shape index (κ1) is 12.5. The average Bonchev–Trinajstić information content (AvgIpc) is 2.04. The normalized spacial score (nSPS) is 14.5. The van der Waals surface area contributed by atoms with Crippen molar-refractivity contribution in [2.45, 2.75) is 6.42 Å². The number of nitrogens with one attached hydrogen (secondary N) is 1. The van der Waals surface area contributed by atoms with Crippen LogP contribution in [0.3, 0.4) is 0 Å². The maximum Gasteiger partial charge on any atom is 2.00 e. The molecule has 0 fully saturated rings. The van der Waals surface area contributed by atoms with E-state index in [-0.39, 0.29) is 55.3 Å². The third-order valence-corrected chi connectivity index (χ3v) is 1.42. The molecule has 0 radical (unpaired) electrons. The van der Waals surface area contributed by atoms with Crippen LogP contribution in [-0.4, -0.2) is 49.7 Å². The molecule has 5 nitrogen and oxygen atoms in total. The largest absolute Gasteiger partial charge is 2.00 e. The summed E-state index contributed by atoms with van der Waals surface area (Å²) in [7, 11) is 0. The first-order chi connectivity index (χ1) is 5.61. The molecule has 1 N–H and O–H groups in total. The van der Waals surface area contributed by atoms with Crippen LogP contribution in [0.4, 0.5) is 0 Å². The van der Waals surface area contributed by atoms with E-state index in [1.165, 1.54) is 12.4 Å². The monoisotopic (exact) mass is 207 g/mol. The van der Waals surface area contributed by atoms with Crippen LogP contribution in [0.1, 0.15) is 6.42 Å².